The Balaban J connectivity index is 2.41. The molecule has 11 heavy (non-hydrogen) atoms. The zero-order valence-electron chi connectivity index (χ0n) is 6.84. The summed E-state index contributed by atoms with van der Waals surface area (Å²) < 4.78 is 16.1. The summed E-state index contributed by atoms with van der Waals surface area (Å²) in [6.45, 7) is 6.24. The van der Waals surface area contributed by atoms with Crippen LogP contribution in [0.3, 0.4) is 0 Å². The van der Waals surface area contributed by atoms with Gasteiger partial charge in [-0.1, -0.05) is 13.5 Å². The zero-order chi connectivity index (χ0) is 8.32. The maximum Gasteiger partial charge on any atom is 0.0935 e. The van der Waals surface area contributed by atoms with Crippen molar-refractivity contribution in [1.29, 1.82) is 0 Å². The van der Waals surface area contributed by atoms with Gasteiger partial charge >= 0.3 is 0 Å². The fourth-order valence-electron chi connectivity index (χ4n) is 1.27. The van der Waals surface area contributed by atoms with Crippen molar-refractivity contribution in [3.05, 3.63) is 12.8 Å². The van der Waals surface area contributed by atoms with E-state index in [0.29, 0.717) is 6.61 Å². The van der Waals surface area contributed by atoms with Gasteiger partial charge in [0.25, 0.3) is 0 Å². The zero-order valence-corrected chi connectivity index (χ0v) is 7.65. The second kappa shape index (κ2) is 3.39. The molecule has 0 radical (unpaired) electrons. The van der Waals surface area contributed by atoms with Gasteiger partial charge in [-0.3, -0.25) is 4.21 Å². The minimum atomic E-state index is -0.610. The first-order valence-corrected chi connectivity index (χ1v) is 5.23. The van der Waals surface area contributed by atoms with Gasteiger partial charge in [0.05, 0.1) is 12.9 Å². The number of hydrogen-bond acceptors (Lipinski definition) is 2. The Morgan fingerprint density at radius 1 is 1.82 bits per heavy atom. The number of rotatable bonds is 3. The molecule has 2 atom stereocenters. The topological polar surface area (TPSA) is 26.3 Å². The quantitative estimate of drug-likeness (QED) is 0.603. The molecule has 0 N–H and O–H groups in total. The molecule has 0 saturated carbocycles. The van der Waals surface area contributed by atoms with E-state index in [0.717, 1.165) is 17.9 Å². The van der Waals surface area contributed by atoms with Crippen LogP contribution in [-0.4, -0.2) is 22.3 Å². The predicted octanol–water partition coefficient (Wildman–Crippen LogP) is 1.31. The highest BCUT2D eigenvalue weighted by Crippen LogP contribution is 2.29. The molecule has 3 heteroatoms. The summed E-state index contributed by atoms with van der Waals surface area (Å²) in [6, 6.07) is 0. The predicted molar refractivity (Wildman–Crippen MR) is 46.7 cm³/mol. The van der Waals surface area contributed by atoms with Gasteiger partial charge in [-0.05, 0) is 6.42 Å². The van der Waals surface area contributed by atoms with E-state index >= 15 is 0 Å². The maximum absolute atomic E-state index is 11.1. The van der Waals surface area contributed by atoms with Crippen LogP contribution in [0.1, 0.15) is 13.3 Å². The first-order valence-electron chi connectivity index (χ1n) is 3.74. The number of ether oxygens (including phenoxy) is 1. The average molecular weight is 174 g/mol. The van der Waals surface area contributed by atoms with Crippen molar-refractivity contribution in [2.75, 3.05) is 18.1 Å². The van der Waals surface area contributed by atoms with E-state index < -0.39 is 10.8 Å². The molecular weight excluding hydrogens is 160 g/mol. The Kier molecular flexibility index (Phi) is 2.71. The van der Waals surface area contributed by atoms with Crippen LogP contribution in [0.4, 0.5) is 0 Å². The fraction of sp³-hybridized carbons (Fsp3) is 0.750. The third-order valence-electron chi connectivity index (χ3n) is 1.99. The molecular formula is C8H14O2S. The van der Waals surface area contributed by atoms with Crippen molar-refractivity contribution < 1.29 is 8.95 Å². The molecule has 1 heterocycles. The summed E-state index contributed by atoms with van der Waals surface area (Å²) in [6.07, 6.45) is 2.46. The molecule has 1 rings (SSSR count). The smallest absolute Gasteiger partial charge is 0.0935 e. The monoisotopic (exact) mass is 174 g/mol. The lowest BCUT2D eigenvalue weighted by atomic mass is 9.92. The third-order valence-corrected chi connectivity index (χ3v) is 3.67. The van der Waals surface area contributed by atoms with E-state index in [9.17, 15) is 4.21 Å². The Morgan fingerprint density at radius 3 is 3.00 bits per heavy atom. The Bertz CT molecular complexity index is 179. The minimum Gasteiger partial charge on any atom is -0.501 e. The molecule has 1 saturated heterocycles. The summed E-state index contributed by atoms with van der Waals surface area (Å²) in [5, 5.41) is 0. The van der Waals surface area contributed by atoms with Gasteiger partial charge in [-0.2, -0.15) is 0 Å². The van der Waals surface area contributed by atoms with Crippen molar-refractivity contribution in [2.45, 2.75) is 13.3 Å². The molecule has 0 spiro atoms. The van der Waals surface area contributed by atoms with Crippen molar-refractivity contribution in [2.24, 2.45) is 5.41 Å². The molecule has 2 unspecified atom stereocenters. The SMILES string of the molecule is C=COCC1(C)CCS(=O)C1. The van der Waals surface area contributed by atoms with Crippen LogP contribution in [-0.2, 0) is 15.5 Å². The summed E-state index contributed by atoms with van der Waals surface area (Å²) >= 11 is 0. The van der Waals surface area contributed by atoms with Crippen LogP contribution < -0.4 is 0 Å². The van der Waals surface area contributed by atoms with Crippen LogP contribution in [0.15, 0.2) is 12.8 Å². The highest BCUT2D eigenvalue weighted by molar-refractivity contribution is 7.85. The summed E-state index contributed by atoms with van der Waals surface area (Å²) in [5.41, 5.74) is 0.124. The van der Waals surface area contributed by atoms with Crippen molar-refractivity contribution in [3.63, 3.8) is 0 Å². The van der Waals surface area contributed by atoms with Crippen molar-refractivity contribution in [3.8, 4) is 0 Å². The average Bonchev–Trinajstić information content (AvgIpc) is 2.28. The first kappa shape index (κ1) is 8.78. The molecule has 0 aromatic carbocycles. The fourth-order valence-corrected chi connectivity index (χ4v) is 3.14. The van der Waals surface area contributed by atoms with Gasteiger partial charge in [0.2, 0.25) is 0 Å². The normalized spacial score (nSPS) is 37.0. The number of hydrogen-bond donors (Lipinski definition) is 0. The molecule has 1 aliphatic heterocycles. The molecule has 0 amide bonds. The lowest BCUT2D eigenvalue weighted by Gasteiger charge is -2.20. The van der Waals surface area contributed by atoms with Gasteiger partial charge in [-0.15, -0.1) is 0 Å². The van der Waals surface area contributed by atoms with Gasteiger partial charge < -0.3 is 4.74 Å². The largest absolute Gasteiger partial charge is 0.501 e. The van der Waals surface area contributed by atoms with Crippen LogP contribution in [0.25, 0.3) is 0 Å². The Morgan fingerprint density at radius 2 is 2.55 bits per heavy atom. The van der Waals surface area contributed by atoms with E-state index in [2.05, 4.69) is 13.5 Å². The Labute approximate surface area is 70.1 Å². The molecule has 0 bridgehead atoms. The van der Waals surface area contributed by atoms with Gasteiger partial charge in [-0.25, -0.2) is 0 Å². The first-order chi connectivity index (χ1) is 5.16. The van der Waals surface area contributed by atoms with Gasteiger partial charge in [0, 0.05) is 27.7 Å². The minimum absolute atomic E-state index is 0.124. The summed E-state index contributed by atoms with van der Waals surface area (Å²) in [7, 11) is -0.610. The van der Waals surface area contributed by atoms with Crippen LogP contribution >= 0.6 is 0 Å². The molecule has 0 aromatic heterocycles. The molecule has 0 aliphatic carbocycles. The van der Waals surface area contributed by atoms with E-state index in [1.165, 1.54) is 6.26 Å². The molecule has 64 valence electrons. The van der Waals surface area contributed by atoms with Crippen molar-refractivity contribution in [1.82, 2.24) is 0 Å². The molecule has 0 aromatic rings. The van der Waals surface area contributed by atoms with Crippen LogP contribution in [0.5, 0.6) is 0 Å². The second-order valence-corrected chi connectivity index (χ2v) is 4.90. The van der Waals surface area contributed by atoms with Crippen molar-refractivity contribution >= 4 is 10.8 Å². The standard InChI is InChI=1S/C8H14O2S/c1-3-10-6-8(2)4-5-11(9)7-8/h3H,1,4-7H2,2H3. The van der Waals surface area contributed by atoms with E-state index in [1.54, 1.807) is 0 Å². The Hall–Kier alpha value is -0.310. The second-order valence-electron chi connectivity index (χ2n) is 3.33. The highest BCUT2D eigenvalue weighted by Gasteiger charge is 2.33. The van der Waals surface area contributed by atoms with Gasteiger partial charge in [0.15, 0.2) is 0 Å². The highest BCUT2D eigenvalue weighted by atomic mass is 32.2. The van der Waals surface area contributed by atoms with E-state index in [-0.39, 0.29) is 5.41 Å². The van der Waals surface area contributed by atoms with E-state index in [4.69, 9.17) is 4.74 Å². The summed E-state index contributed by atoms with van der Waals surface area (Å²) in [5.74, 6) is 1.61. The third kappa shape index (κ3) is 2.33. The van der Waals surface area contributed by atoms with Crippen LogP contribution in [0, 0.1) is 5.41 Å². The molecule has 2 nitrogen and oxygen atoms in total. The summed E-state index contributed by atoms with van der Waals surface area (Å²) in [4.78, 5) is 0. The molecule has 1 aliphatic rings. The van der Waals surface area contributed by atoms with E-state index in [1.807, 2.05) is 0 Å². The van der Waals surface area contributed by atoms with Crippen LogP contribution in [0.2, 0.25) is 0 Å². The lowest BCUT2D eigenvalue weighted by Crippen LogP contribution is -2.22. The lowest BCUT2D eigenvalue weighted by molar-refractivity contribution is 0.143. The molecule has 1 fully saturated rings. The van der Waals surface area contributed by atoms with Gasteiger partial charge in [0.1, 0.15) is 0 Å². The maximum atomic E-state index is 11.1.